The molecule has 0 unspecified atom stereocenters. The lowest BCUT2D eigenvalue weighted by molar-refractivity contribution is -0.141. The van der Waals surface area contributed by atoms with Crippen LogP contribution in [0.1, 0.15) is 34.8 Å². The van der Waals surface area contributed by atoms with Crippen LogP contribution in [0.4, 0.5) is 11.4 Å². The molecule has 0 aliphatic rings. The molecule has 43 heavy (non-hydrogen) atoms. The zero-order valence-corrected chi connectivity index (χ0v) is 24.6. The molecule has 0 heterocycles. The average molecular weight is 581 g/mol. The van der Waals surface area contributed by atoms with Gasteiger partial charge in [-0.05, 0) is 42.0 Å². The number of ketones is 1. The fraction of sp³-hybridized carbons (Fsp3) is 0.229. The Bertz CT molecular complexity index is 1520. The number of benzene rings is 4. The fourth-order valence-corrected chi connectivity index (χ4v) is 4.65. The standard InChI is InChI=1S/C35H36N2O6/c1-4-33(38)37(27-13-10-14-29(24-27)41-2)21-22-43-28-19-17-25(18-20-28)23-32(35(40)42-3)36-31-16-9-8-15-30(31)34(39)26-11-6-5-7-12-26/h5-20,24,32,36H,4,21-23H2,1-3H3/t32-/m0/s1. The van der Waals surface area contributed by atoms with Crippen LogP contribution < -0.4 is 19.7 Å². The molecule has 0 aliphatic carbocycles. The van der Waals surface area contributed by atoms with Crippen LogP contribution in [0.5, 0.6) is 11.5 Å². The first-order valence-electron chi connectivity index (χ1n) is 14.1. The summed E-state index contributed by atoms with van der Waals surface area (Å²) in [6.45, 7) is 2.49. The van der Waals surface area contributed by atoms with Crippen molar-refractivity contribution in [3.8, 4) is 11.5 Å². The van der Waals surface area contributed by atoms with E-state index in [0.717, 1.165) is 11.3 Å². The monoisotopic (exact) mass is 580 g/mol. The second-order valence-corrected chi connectivity index (χ2v) is 9.76. The summed E-state index contributed by atoms with van der Waals surface area (Å²) < 4.78 is 16.3. The highest BCUT2D eigenvalue weighted by Crippen LogP contribution is 2.24. The quantitative estimate of drug-likeness (QED) is 0.146. The highest BCUT2D eigenvalue weighted by molar-refractivity contribution is 6.12. The zero-order chi connectivity index (χ0) is 30.6. The third-order valence-corrected chi connectivity index (χ3v) is 6.94. The van der Waals surface area contributed by atoms with E-state index < -0.39 is 12.0 Å². The number of nitrogens with one attached hydrogen (secondary N) is 1. The molecule has 4 aromatic rings. The molecule has 1 amide bonds. The Morgan fingerprint density at radius 1 is 0.814 bits per heavy atom. The highest BCUT2D eigenvalue weighted by Gasteiger charge is 2.23. The zero-order valence-electron chi connectivity index (χ0n) is 24.6. The van der Waals surface area contributed by atoms with Gasteiger partial charge in [0.2, 0.25) is 5.91 Å². The summed E-state index contributed by atoms with van der Waals surface area (Å²) in [6.07, 6.45) is 0.696. The van der Waals surface area contributed by atoms with Crippen LogP contribution in [0.3, 0.4) is 0 Å². The second-order valence-electron chi connectivity index (χ2n) is 9.76. The summed E-state index contributed by atoms with van der Waals surface area (Å²) in [6, 6.07) is 30.2. The van der Waals surface area contributed by atoms with Gasteiger partial charge in [0.15, 0.2) is 5.78 Å². The number of hydrogen-bond acceptors (Lipinski definition) is 7. The van der Waals surface area contributed by atoms with Crippen molar-refractivity contribution in [2.24, 2.45) is 0 Å². The first-order valence-corrected chi connectivity index (χ1v) is 14.1. The van der Waals surface area contributed by atoms with Gasteiger partial charge in [-0.2, -0.15) is 0 Å². The van der Waals surface area contributed by atoms with Crippen LogP contribution in [-0.4, -0.2) is 51.1 Å². The van der Waals surface area contributed by atoms with E-state index in [9.17, 15) is 14.4 Å². The van der Waals surface area contributed by atoms with Gasteiger partial charge in [0.25, 0.3) is 0 Å². The Morgan fingerprint density at radius 2 is 1.53 bits per heavy atom. The molecule has 8 heteroatoms. The van der Waals surface area contributed by atoms with Gasteiger partial charge in [-0.1, -0.05) is 67.6 Å². The molecule has 0 aromatic heterocycles. The van der Waals surface area contributed by atoms with E-state index >= 15 is 0 Å². The Morgan fingerprint density at radius 3 is 2.23 bits per heavy atom. The van der Waals surface area contributed by atoms with Gasteiger partial charge in [-0.3, -0.25) is 9.59 Å². The topological polar surface area (TPSA) is 94.2 Å². The number of anilines is 2. The maximum Gasteiger partial charge on any atom is 0.328 e. The number of carbonyl (C=O) groups is 3. The predicted octanol–water partition coefficient (Wildman–Crippen LogP) is 5.94. The lowest BCUT2D eigenvalue weighted by Gasteiger charge is -2.23. The predicted molar refractivity (Wildman–Crippen MR) is 167 cm³/mol. The molecule has 0 fully saturated rings. The molecule has 0 spiro atoms. The SMILES string of the molecule is CCC(=O)N(CCOc1ccc(C[C@H](Nc2ccccc2C(=O)c2ccccc2)C(=O)OC)cc1)c1cccc(OC)c1. The summed E-state index contributed by atoms with van der Waals surface area (Å²) in [5.74, 6) is 0.717. The first-order chi connectivity index (χ1) is 20.9. The number of carbonyl (C=O) groups excluding carboxylic acids is 3. The van der Waals surface area contributed by atoms with Crippen molar-refractivity contribution in [2.45, 2.75) is 25.8 Å². The van der Waals surface area contributed by atoms with Gasteiger partial charge < -0.3 is 24.4 Å². The number of para-hydroxylation sites is 1. The van der Waals surface area contributed by atoms with Crippen LogP contribution in [0, 0.1) is 0 Å². The average Bonchev–Trinajstić information content (AvgIpc) is 3.06. The van der Waals surface area contributed by atoms with E-state index in [1.165, 1.54) is 7.11 Å². The van der Waals surface area contributed by atoms with E-state index in [2.05, 4.69) is 5.32 Å². The van der Waals surface area contributed by atoms with Crippen LogP contribution >= 0.6 is 0 Å². The number of methoxy groups -OCH3 is 2. The van der Waals surface area contributed by atoms with Crippen molar-refractivity contribution in [1.29, 1.82) is 0 Å². The first kappa shape index (κ1) is 30.8. The number of nitrogens with zero attached hydrogens (tertiary/aromatic N) is 1. The maximum absolute atomic E-state index is 13.2. The van der Waals surface area contributed by atoms with E-state index in [1.807, 2.05) is 79.7 Å². The molecule has 0 aliphatic heterocycles. The van der Waals surface area contributed by atoms with Crippen LogP contribution in [0.15, 0.2) is 103 Å². The van der Waals surface area contributed by atoms with Crippen LogP contribution in [-0.2, 0) is 20.7 Å². The van der Waals surface area contributed by atoms with Crippen molar-refractivity contribution < 1.29 is 28.6 Å². The second kappa shape index (κ2) is 15.2. The molecular weight excluding hydrogens is 544 g/mol. The highest BCUT2D eigenvalue weighted by atomic mass is 16.5. The van der Waals surface area contributed by atoms with E-state index in [0.29, 0.717) is 54.3 Å². The summed E-state index contributed by atoms with van der Waals surface area (Å²) in [7, 11) is 2.93. The van der Waals surface area contributed by atoms with Gasteiger partial charge in [-0.25, -0.2) is 4.79 Å². The molecule has 1 atom stereocenters. The molecule has 4 rings (SSSR count). The minimum atomic E-state index is -0.724. The van der Waals surface area contributed by atoms with Crippen molar-refractivity contribution in [1.82, 2.24) is 0 Å². The molecule has 0 saturated heterocycles. The van der Waals surface area contributed by atoms with Crippen LogP contribution in [0.2, 0.25) is 0 Å². The van der Waals surface area contributed by atoms with E-state index in [-0.39, 0.29) is 11.7 Å². The minimum absolute atomic E-state index is 0.0133. The van der Waals surface area contributed by atoms with E-state index in [1.54, 1.807) is 42.3 Å². The largest absolute Gasteiger partial charge is 0.497 e. The third kappa shape index (κ3) is 8.23. The number of rotatable bonds is 14. The van der Waals surface area contributed by atoms with E-state index in [4.69, 9.17) is 14.2 Å². The molecule has 0 bridgehead atoms. The lowest BCUT2D eigenvalue weighted by Crippen LogP contribution is -2.34. The number of esters is 1. The summed E-state index contributed by atoms with van der Waals surface area (Å²) in [4.78, 5) is 40.2. The summed E-state index contributed by atoms with van der Waals surface area (Å²) in [5.41, 5.74) is 3.21. The van der Waals surface area contributed by atoms with Crippen LogP contribution in [0.25, 0.3) is 0 Å². The van der Waals surface area contributed by atoms with Crippen molar-refractivity contribution in [3.05, 3.63) is 120 Å². The molecule has 4 aromatic carbocycles. The molecule has 1 N–H and O–H groups in total. The Kier molecular flexibility index (Phi) is 10.9. The molecule has 8 nitrogen and oxygen atoms in total. The lowest BCUT2D eigenvalue weighted by atomic mass is 10.00. The number of hydrogen-bond donors (Lipinski definition) is 1. The van der Waals surface area contributed by atoms with Gasteiger partial charge in [0.05, 0.1) is 20.8 Å². The minimum Gasteiger partial charge on any atom is -0.497 e. The number of ether oxygens (including phenoxy) is 3. The Balaban J connectivity index is 1.41. The molecule has 0 saturated carbocycles. The Labute approximate surface area is 252 Å². The third-order valence-electron chi connectivity index (χ3n) is 6.94. The van der Waals surface area contributed by atoms with Gasteiger partial charge >= 0.3 is 5.97 Å². The number of amides is 1. The summed E-state index contributed by atoms with van der Waals surface area (Å²) >= 11 is 0. The smallest absolute Gasteiger partial charge is 0.328 e. The molecular formula is C35H36N2O6. The Hall–Kier alpha value is -5.11. The molecule has 222 valence electrons. The van der Waals surface area contributed by atoms with Gasteiger partial charge in [-0.15, -0.1) is 0 Å². The maximum atomic E-state index is 13.2. The molecule has 0 radical (unpaired) electrons. The van der Waals surface area contributed by atoms with Gasteiger partial charge in [0.1, 0.15) is 24.1 Å². The van der Waals surface area contributed by atoms with Crippen molar-refractivity contribution in [2.75, 3.05) is 37.6 Å². The normalized spacial score (nSPS) is 11.2. The van der Waals surface area contributed by atoms with Gasteiger partial charge in [0, 0.05) is 41.4 Å². The fourth-order valence-electron chi connectivity index (χ4n) is 4.65. The summed E-state index contributed by atoms with van der Waals surface area (Å²) in [5, 5.41) is 3.23. The van der Waals surface area contributed by atoms with Crippen molar-refractivity contribution >= 4 is 29.0 Å². The van der Waals surface area contributed by atoms with Crippen molar-refractivity contribution in [3.63, 3.8) is 0 Å².